The van der Waals surface area contributed by atoms with E-state index in [0.717, 1.165) is 35.1 Å². The van der Waals surface area contributed by atoms with Crippen molar-refractivity contribution in [3.63, 3.8) is 0 Å². The van der Waals surface area contributed by atoms with Crippen molar-refractivity contribution >= 4 is 17.3 Å². The van der Waals surface area contributed by atoms with Crippen molar-refractivity contribution in [1.29, 1.82) is 0 Å². The fourth-order valence-electron chi connectivity index (χ4n) is 1.74. The summed E-state index contributed by atoms with van der Waals surface area (Å²) in [5.41, 5.74) is 2.06. The number of hydrogen-bond acceptors (Lipinski definition) is 4. The van der Waals surface area contributed by atoms with Gasteiger partial charge in [0.1, 0.15) is 17.5 Å². The fraction of sp³-hybridized carbons (Fsp3) is 0.286. The summed E-state index contributed by atoms with van der Waals surface area (Å²) in [5.74, 6) is 2.57. The lowest BCUT2D eigenvalue weighted by Crippen LogP contribution is -2.06. The lowest BCUT2D eigenvalue weighted by Gasteiger charge is -2.13. The van der Waals surface area contributed by atoms with E-state index >= 15 is 0 Å². The molecule has 2 aromatic rings. The first-order chi connectivity index (χ1) is 8.74. The maximum atomic E-state index is 4.53. The van der Waals surface area contributed by atoms with Crippen molar-refractivity contribution in [2.45, 2.75) is 20.3 Å². The molecule has 0 saturated heterocycles. The van der Waals surface area contributed by atoms with Crippen LogP contribution >= 0.6 is 0 Å². The highest BCUT2D eigenvalue weighted by atomic mass is 15.1. The van der Waals surface area contributed by atoms with Gasteiger partial charge in [-0.15, -0.1) is 0 Å². The van der Waals surface area contributed by atoms with E-state index in [2.05, 4.69) is 27.5 Å². The highest BCUT2D eigenvalue weighted by Crippen LogP contribution is 2.23. The van der Waals surface area contributed by atoms with E-state index in [0.29, 0.717) is 0 Å². The third kappa shape index (κ3) is 2.59. The number of aryl methyl sites for hydroxylation is 1. The standard InChI is InChI=1S/C14H18N4/c1-4-12-17-13(15-3)10(2)14(18-12)16-11-8-6-5-7-9-11/h5-9H,4H2,1-3H3,(H2,15,16,17,18). The molecular weight excluding hydrogens is 224 g/mol. The van der Waals surface area contributed by atoms with Gasteiger partial charge in [0, 0.05) is 24.7 Å². The molecule has 0 aliphatic rings. The molecule has 18 heavy (non-hydrogen) atoms. The first-order valence-corrected chi connectivity index (χ1v) is 6.12. The Morgan fingerprint density at radius 1 is 1.06 bits per heavy atom. The molecule has 94 valence electrons. The second kappa shape index (κ2) is 5.49. The maximum Gasteiger partial charge on any atom is 0.139 e. The molecule has 4 nitrogen and oxygen atoms in total. The smallest absolute Gasteiger partial charge is 0.139 e. The molecule has 0 unspecified atom stereocenters. The van der Waals surface area contributed by atoms with Gasteiger partial charge in [0.15, 0.2) is 0 Å². The molecule has 1 aromatic carbocycles. The van der Waals surface area contributed by atoms with Gasteiger partial charge in [0.05, 0.1) is 0 Å². The SMILES string of the molecule is CCc1nc(NC)c(C)c(Nc2ccccc2)n1. The second-order valence-corrected chi connectivity index (χ2v) is 4.06. The van der Waals surface area contributed by atoms with Crippen molar-refractivity contribution in [1.82, 2.24) is 9.97 Å². The van der Waals surface area contributed by atoms with Crippen molar-refractivity contribution in [2.75, 3.05) is 17.7 Å². The molecular formula is C14H18N4. The minimum Gasteiger partial charge on any atom is -0.373 e. The van der Waals surface area contributed by atoms with Gasteiger partial charge >= 0.3 is 0 Å². The molecule has 2 N–H and O–H groups in total. The van der Waals surface area contributed by atoms with Crippen molar-refractivity contribution in [3.05, 3.63) is 41.7 Å². The predicted octanol–water partition coefficient (Wildman–Crippen LogP) is 3.13. The van der Waals surface area contributed by atoms with Crippen LogP contribution in [0.5, 0.6) is 0 Å². The molecule has 1 heterocycles. The van der Waals surface area contributed by atoms with Crippen LogP contribution in [0.2, 0.25) is 0 Å². The van der Waals surface area contributed by atoms with Gasteiger partial charge in [-0.3, -0.25) is 0 Å². The van der Waals surface area contributed by atoms with Crippen LogP contribution in [0.1, 0.15) is 18.3 Å². The van der Waals surface area contributed by atoms with Crippen LogP contribution in [0.15, 0.2) is 30.3 Å². The Balaban J connectivity index is 2.37. The zero-order valence-corrected chi connectivity index (χ0v) is 11.0. The Morgan fingerprint density at radius 2 is 1.72 bits per heavy atom. The quantitative estimate of drug-likeness (QED) is 0.864. The summed E-state index contributed by atoms with van der Waals surface area (Å²) in [5, 5.41) is 6.44. The van der Waals surface area contributed by atoms with Gasteiger partial charge in [-0.25, -0.2) is 9.97 Å². The fourth-order valence-corrected chi connectivity index (χ4v) is 1.74. The molecule has 2 rings (SSSR count). The summed E-state index contributed by atoms with van der Waals surface area (Å²) in [6.45, 7) is 4.06. The Hall–Kier alpha value is -2.10. The van der Waals surface area contributed by atoms with Crippen LogP contribution in [0.4, 0.5) is 17.3 Å². The summed E-state index contributed by atoms with van der Waals surface area (Å²) in [6, 6.07) is 10.0. The van der Waals surface area contributed by atoms with E-state index in [1.54, 1.807) is 0 Å². The third-order valence-electron chi connectivity index (χ3n) is 2.78. The van der Waals surface area contributed by atoms with Crippen LogP contribution in [-0.4, -0.2) is 17.0 Å². The van der Waals surface area contributed by atoms with Crippen LogP contribution in [0.25, 0.3) is 0 Å². The molecule has 0 aliphatic carbocycles. The van der Waals surface area contributed by atoms with Gasteiger partial charge in [-0.05, 0) is 19.1 Å². The van der Waals surface area contributed by atoms with E-state index in [1.807, 2.05) is 44.3 Å². The number of rotatable bonds is 4. The number of hydrogen-bond donors (Lipinski definition) is 2. The predicted molar refractivity (Wildman–Crippen MR) is 75.4 cm³/mol. The van der Waals surface area contributed by atoms with Crippen LogP contribution in [0.3, 0.4) is 0 Å². The lowest BCUT2D eigenvalue weighted by molar-refractivity contribution is 0.935. The molecule has 0 amide bonds. The molecule has 0 spiro atoms. The van der Waals surface area contributed by atoms with E-state index in [-0.39, 0.29) is 0 Å². The number of aromatic nitrogens is 2. The Kier molecular flexibility index (Phi) is 3.77. The zero-order valence-electron chi connectivity index (χ0n) is 11.0. The van der Waals surface area contributed by atoms with Crippen molar-refractivity contribution in [2.24, 2.45) is 0 Å². The number of benzene rings is 1. The minimum absolute atomic E-state index is 0.818. The molecule has 0 saturated carbocycles. The number of nitrogens with zero attached hydrogens (tertiary/aromatic N) is 2. The van der Waals surface area contributed by atoms with Gasteiger partial charge in [0.25, 0.3) is 0 Å². The minimum atomic E-state index is 0.818. The Morgan fingerprint density at radius 3 is 2.33 bits per heavy atom. The zero-order chi connectivity index (χ0) is 13.0. The van der Waals surface area contributed by atoms with E-state index in [4.69, 9.17) is 0 Å². The Labute approximate surface area is 107 Å². The molecule has 0 radical (unpaired) electrons. The normalized spacial score (nSPS) is 10.2. The maximum absolute atomic E-state index is 4.53. The topological polar surface area (TPSA) is 49.8 Å². The Bertz CT molecular complexity index is 523. The van der Waals surface area contributed by atoms with Gasteiger partial charge in [-0.1, -0.05) is 25.1 Å². The number of anilines is 3. The van der Waals surface area contributed by atoms with Crippen molar-refractivity contribution < 1.29 is 0 Å². The van der Waals surface area contributed by atoms with Crippen LogP contribution in [-0.2, 0) is 6.42 Å². The third-order valence-corrected chi connectivity index (χ3v) is 2.78. The highest BCUT2D eigenvalue weighted by Gasteiger charge is 2.09. The van der Waals surface area contributed by atoms with E-state index < -0.39 is 0 Å². The summed E-state index contributed by atoms with van der Waals surface area (Å²) < 4.78 is 0. The average molecular weight is 242 g/mol. The monoisotopic (exact) mass is 242 g/mol. The van der Waals surface area contributed by atoms with E-state index in [9.17, 15) is 0 Å². The van der Waals surface area contributed by atoms with Gasteiger partial charge < -0.3 is 10.6 Å². The molecule has 4 heteroatoms. The summed E-state index contributed by atoms with van der Waals surface area (Å²) in [4.78, 5) is 8.98. The lowest BCUT2D eigenvalue weighted by atomic mass is 10.2. The molecule has 1 aromatic heterocycles. The number of para-hydroxylation sites is 1. The highest BCUT2D eigenvalue weighted by molar-refractivity contribution is 5.64. The first kappa shape index (κ1) is 12.4. The van der Waals surface area contributed by atoms with Crippen LogP contribution in [0, 0.1) is 6.92 Å². The second-order valence-electron chi connectivity index (χ2n) is 4.06. The summed E-state index contributed by atoms with van der Waals surface area (Å²) >= 11 is 0. The molecule has 0 atom stereocenters. The summed E-state index contributed by atoms with van der Waals surface area (Å²) in [7, 11) is 1.88. The largest absolute Gasteiger partial charge is 0.373 e. The summed E-state index contributed by atoms with van der Waals surface area (Å²) in [6.07, 6.45) is 0.818. The van der Waals surface area contributed by atoms with Gasteiger partial charge in [0.2, 0.25) is 0 Å². The number of nitrogens with one attached hydrogen (secondary N) is 2. The first-order valence-electron chi connectivity index (χ1n) is 6.12. The van der Waals surface area contributed by atoms with Gasteiger partial charge in [-0.2, -0.15) is 0 Å². The van der Waals surface area contributed by atoms with Crippen LogP contribution < -0.4 is 10.6 Å². The molecule has 0 bridgehead atoms. The van der Waals surface area contributed by atoms with E-state index in [1.165, 1.54) is 0 Å². The molecule has 0 aliphatic heterocycles. The van der Waals surface area contributed by atoms with Crippen molar-refractivity contribution in [3.8, 4) is 0 Å². The molecule has 0 fully saturated rings. The average Bonchev–Trinajstić information content (AvgIpc) is 2.42.